The number of ether oxygens (including phenoxy) is 5. The van der Waals surface area contributed by atoms with Crippen molar-refractivity contribution < 1.29 is 58.2 Å². The van der Waals surface area contributed by atoms with Crippen molar-refractivity contribution in [2.45, 2.75) is 89.2 Å². The maximum absolute atomic E-state index is 15.0. The molecule has 2 aromatic carbocycles. The number of para-hydroxylation sites is 1. The van der Waals surface area contributed by atoms with Crippen molar-refractivity contribution in [3.63, 3.8) is 0 Å². The molecule has 0 radical (unpaired) electrons. The van der Waals surface area contributed by atoms with Crippen molar-refractivity contribution in [3.8, 4) is 5.75 Å². The molecule has 12 nitrogen and oxygen atoms in total. The molecule has 3 aliphatic carbocycles. The Hall–Kier alpha value is -4.10. The third-order valence-corrected chi connectivity index (χ3v) is 11.3. The Bertz CT molecular complexity index is 1670. The van der Waals surface area contributed by atoms with E-state index in [4.69, 9.17) is 23.7 Å². The Morgan fingerprint density at radius 2 is 1.59 bits per heavy atom. The standard InChI is InChI=1S/C37H42O12/c1-20-24(39)17-37(44)32(48-33(43)22-12-8-6-9-13-22)30-35(5,31(42)29(41)28(20)34(37,3)4)25(16-26-36(30,19-46-26)49-21(2)38)47-27(40)18-45-23-14-10-7-11-15-23/h6-15,24-26,29-30,32,39,41,44H,16-19H2,1-5H3/t24-,25-,26+,29+,30-,32-,35+,36-,37+/m0/s1. The SMILES string of the molecule is CC(=O)O[C@@]12CO[C@@H]1C[C@H](OC(=O)COc1ccccc1)[C@@]1(C)C(=O)[C@H](O)C3=C(C)[C@@H](O)C[C@@](O)([C@@H](OC(=O)c4ccccc4)[C@H]21)C3(C)C. The highest BCUT2D eigenvalue weighted by molar-refractivity contribution is 5.94. The average molecular weight is 679 g/mol. The fourth-order valence-corrected chi connectivity index (χ4v) is 8.66. The van der Waals surface area contributed by atoms with E-state index in [1.807, 2.05) is 0 Å². The van der Waals surface area contributed by atoms with Gasteiger partial charge in [-0.3, -0.25) is 9.59 Å². The Morgan fingerprint density at radius 3 is 2.18 bits per heavy atom. The van der Waals surface area contributed by atoms with E-state index in [0.717, 1.165) is 0 Å². The van der Waals surface area contributed by atoms with E-state index in [2.05, 4.69) is 0 Å². The second kappa shape index (κ2) is 12.3. The van der Waals surface area contributed by atoms with Crippen LogP contribution in [0.3, 0.4) is 0 Å². The zero-order chi connectivity index (χ0) is 35.5. The number of aliphatic hydroxyl groups excluding tert-OH is 2. The third kappa shape index (κ3) is 5.36. The van der Waals surface area contributed by atoms with Crippen LogP contribution >= 0.6 is 0 Å². The number of benzene rings is 2. The van der Waals surface area contributed by atoms with E-state index in [1.54, 1.807) is 69.3 Å². The highest BCUT2D eigenvalue weighted by Gasteiger charge is 2.78. The number of carbonyl (C=O) groups excluding carboxylic acids is 4. The maximum atomic E-state index is 15.0. The summed E-state index contributed by atoms with van der Waals surface area (Å²) in [5, 5.41) is 36.3. The molecule has 9 atom stereocenters. The molecule has 4 aliphatic rings. The summed E-state index contributed by atoms with van der Waals surface area (Å²) in [5.74, 6) is -4.26. The molecular formula is C37H42O12. The molecule has 49 heavy (non-hydrogen) atoms. The van der Waals surface area contributed by atoms with Crippen LogP contribution in [-0.4, -0.2) is 93.9 Å². The lowest BCUT2D eigenvalue weighted by Gasteiger charge is -2.67. The highest BCUT2D eigenvalue weighted by atomic mass is 16.6. The van der Waals surface area contributed by atoms with Gasteiger partial charge in [0, 0.05) is 25.2 Å². The summed E-state index contributed by atoms with van der Waals surface area (Å²) >= 11 is 0. The largest absolute Gasteiger partial charge is 0.482 e. The molecule has 262 valence electrons. The van der Waals surface area contributed by atoms with Gasteiger partial charge in [0.25, 0.3) is 0 Å². The van der Waals surface area contributed by atoms with Crippen LogP contribution in [0.25, 0.3) is 0 Å². The fourth-order valence-electron chi connectivity index (χ4n) is 8.66. The molecule has 1 heterocycles. The van der Waals surface area contributed by atoms with Crippen LogP contribution in [0, 0.1) is 16.7 Å². The number of fused-ring (bicyclic) bond motifs is 5. The fraction of sp³-hybridized carbons (Fsp3) is 0.514. The molecule has 12 heteroatoms. The van der Waals surface area contributed by atoms with Gasteiger partial charge < -0.3 is 39.0 Å². The van der Waals surface area contributed by atoms with E-state index in [0.29, 0.717) is 5.75 Å². The van der Waals surface area contributed by atoms with Gasteiger partial charge in [-0.15, -0.1) is 0 Å². The second-order valence-corrected chi connectivity index (χ2v) is 14.2. The van der Waals surface area contributed by atoms with Crippen LogP contribution in [0.4, 0.5) is 0 Å². The van der Waals surface area contributed by atoms with Crippen molar-refractivity contribution in [2.75, 3.05) is 13.2 Å². The van der Waals surface area contributed by atoms with Gasteiger partial charge in [0.15, 0.2) is 18.0 Å². The number of ketones is 1. The molecule has 1 saturated heterocycles. The van der Waals surface area contributed by atoms with E-state index in [1.165, 1.54) is 26.0 Å². The van der Waals surface area contributed by atoms with Crippen molar-refractivity contribution in [1.29, 1.82) is 0 Å². The van der Waals surface area contributed by atoms with Gasteiger partial charge in [0.1, 0.15) is 35.8 Å². The summed E-state index contributed by atoms with van der Waals surface area (Å²) in [5.41, 5.74) is -6.75. The van der Waals surface area contributed by atoms with Gasteiger partial charge in [-0.1, -0.05) is 50.2 Å². The molecule has 6 rings (SSSR count). The summed E-state index contributed by atoms with van der Waals surface area (Å²) in [6, 6.07) is 16.6. The number of hydrogen-bond acceptors (Lipinski definition) is 12. The first-order valence-electron chi connectivity index (χ1n) is 16.4. The molecule has 0 aromatic heterocycles. The molecule has 1 aliphatic heterocycles. The van der Waals surface area contributed by atoms with Crippen LogP contribution in [0.2, 0.25) is 0 Å². The summed E-state index contributed by atoms with van der Waals surface area (Å²) < 4.78 is 29.8. The maximum Gasteiger partial charge on any atom is 0.344 e. The number of aliphatic hydroxyl groups is 3. The Balaban J connectivity index is 1.54. The van der Waals surface area contributed by atoms with Crippen LogP contribution < -0.4 is 4.74 Å². The summed E-state index contributed by atoms with van der Waals surface area (Å²) in [6.45, 7) is 6.68. The van der Waals surface area contributed by atoms with Crippen molar-refractivity contribution >= 4 is 23.7 Å². The third-order valence-electron chi connectivity index (χ3n) is 11.3. The molecule has 3 fully saturated rings. The van der Waals surface area contributed by atoms with Gasteiger partial charge >= 0.3 is 17.9 Å². The Kier molecular flexibility index (Phi) is 8.76. The smallest absolute Gasteiger partial charge is 0.344 e. The quantitative estimate of drug-likeness (QED) is 0.222. The minimum atomic E-state index is -2.16. The van der Waals surface area contributed by atoms with Crippen LogP contribution in [0.1, 0.15) is 57.8 Å². The van der Waals surface area contributed by atoms with Gasteiger partial charge in [0.05, 0.1) is 29.6 Å². The summed E-state index contributed by atoms with van der Waals surface area (Å²) in [6.07, 6.45) is -7.64. The van der Waals surface area contributed by atoms with E-state index in [-0.39, 0.29) is 36.2 Å². The van der Waals surface area contributed by atoms with Crippen LogP contribution in [0.15, 0.2) is 71.8 Å². The molecule has 0 amide bonds. The molecule has 2 bridgehead atoms. The number of esters is 3. The lowest BCUT2D eigenvalue weighted by molar-refractivity contribution is -0.346. The van der Waals surface area contributed by atoms with Crippen molar-refractivity contribution in [3.05, 3.63) is 77.4 Å². The number of carbonyl (C=O) groups is 4. The van der Waals surface area contributed by atoms with Gasteiger partial charge in [-0.05, 0) is 49.3 Å². The molecule has 0 unspecified atom stereocenters. The summed E-state index contributed by atoms with van der Waals surface area (Å²) in [7, 11) is 0. The number of rotatable bonds is 7. The van der Waals surface area contributed by atoms with Gasteiger partial charge in [-0.25, -0.2) is 9.59 Å². The molecule has 3 N–H and O–H groups in total. The van der Waals surface area contributed by atoms with E-state index >= 15 is 0 Å². The first-order chi connectivity index (χ1) is 23.1. The molecule has 2 aromatic rings. The predicted octanol–water partition coefficient (Wildman–Crippen LogP) is 2.71. The van der Waals surface area contributed by atoms with Crippen LogP contribution in [0.5, 0.6) is 5.75 Å². The normalized spacial score (nSPS) is 36.1. The minimum absolute atomic E-state index is 0.0604. The van der Waals surface area contributed by atoms with Crippen LogP contribution in [-0.2, 0) is 33.3 Å². The molecule has 0 spiro atoms. The summed E-state index contributed by atoms with van der Waals surface area (Å²) in [4.78, 5) is 55.1. The number of Topliss-reactive ketones (excluding diaryl/α,β-unsaturated/α-hetero) is 1. The average Bonchev–Trinajstić information content (AvgIpc) is 3.06. The van der Waals surface area contributed by atoms with Gasteiger partial charge in [-0.2, -0.15) is 0 Å². The zero-order valence-electron chi connectivity index (χ0n) is 28.1. The first kappa shape index (κ1) is 34.8. The van der Waals surface area contributed by atoms with Crippen molar-refractivity contribution in [2.24, 2.45) is 16.7 Å². The monoisotopic (exact) mass is 678 g/mol. The van der Waals surface area contributed by atoms with E-state index in [9.17, 15) is 34.5 Å². The number of hydrogen-bond donors (Lipinski definition) is 3. The highest BCUT2D eigenvalue weighted by Crippen LogP contribution is 2.64. The van der Waals surface area contributed by atoms with Gasteiger partial charge in [0.2, 0.25) is 0 Å². The predicted molar refractivity (Wildman–Crippen MR) is 171 cm³/mol. The lowest BCUT2D eigenvalue weighted by Crippen LogP contribution is -2.82. The lowest BCUT2D eigenvalue weighted by atomic mass is 9.44. The second-order valence-electron chi connectivity index (χ2n) is 14.2. The topological polar surface area (TPSA) is 175 Å². The first-order valence-corrected chi connectivity index (χ1v) is 16.4. The van der Waals surface area contributed by atoms with E-state index < -0.39 is 88.8 Å². The minimum Gasteiger partial charge on any atom is -0.482 e. The molecule has 2 saturated carbocycles. The Labute approximate surface area is 283 Å². The molecular weight excluding hydrogens is 636 g/mol. The van der Waals surface area contributed by atoms with Crippen molar-refractivity contribution in [1.82, 2.24) is 0 Å². The zero-order valence-corrected chi connectivity index (χ0v) is 28.1. The Morgan fingerprint density at radius 1 is 0.959 bits per heavy atom.